The maximum atomic E-state index is 13.3. The van der Waals surface area contributed by atoms with Crippen LogP contribution in [0.5, 0.6) is 5.75 Å². The van der Waals surface area contributed by atoms with Gasteiger partial charge in [-0.3, -0.25) is 14.5 Å². The lowest BCUT2D eigenvalue weighted by Crippen LogP contribution is -2.39. The molecule has 1 amide bonds. The highest BCUT2D eigenvalue weighted by atomic mass is 16.5. The molecule has 0 saturated carbocycles. The molecule has 150 valence electrons. The van der Waals surface area contributed by atoms with E-state index in [1.807, 2.05) is 59.2 Å². The first-order chi connectivity index (χ1) is 14.2. The molecule has 4 rings (SSSR count). The highest BCUT2D eigenvalue weighted by Gasteiger charge is 2.32. The number of aromatic nitrogens is 3. The number of hydrogen-bond acceptors (Lipinski definition) is 4. The van der Waals surface area contributed by atoms with Crippen LogP contribution in [0.1, 0.15) is 36.6 Å². The number of amides is 1. The van der Waals surface area contributed by atoms with Gasteiger partial charge < -0.3 is 9.64 Å². The molecule has 0 spiro atoms. The molecule has 1 aliphatic rings. The van der Waals surface area contributed by atoms with E-state index >= 15 is 0 Å². The molecule has 1 atom stereocenters. The van der Waals surface area contributed by atoms with E-state index in [0.29, 0.717) is 6.42 Å². The van der Waals surface area contributed by atoms with Gasteiger partial charge in [-0.25, -0.2) is 0 Å². The first-order valence-corrected chi connectivity index (χ1v) is 10.0. The van der Waals surface area contributed by atoms with Crippen molar-refractivity contribution in [1.82, 2.24) is 19.7 Å². The van der Waals surface area contributed by atoms with Gasteiger partial charge in [-0.05, 0) is 43.0 Å². The Morgan fingerprint density at radius 2 is 1.97 bits per heavy atom. The fourth-order valence-corrected chi connectivity index (χ4v) is 4.13. The zero-order valence-electron chi connectivity index (χ0n) is 16.9. The predicted octanol–water partition coefficient (Wildman–Crippen LogP) is 3.79. The molecule has 0 N–H and O–H groups in total. The molecule has 1 fully saturated rings. The molecule has 3 aromatic rings. The van der Waals surface area contributed by atoms with Crippen molar-refractivity contribution in [3.05, 3.63) is 66.2 Å². The molecule has 0 bridgehead atoms. The number of rotatable bonds is 5. The van der Waals surface area contributed by atoms with Crippen molar-refractivity contribution in [3.8, 4) is 16.9 Å². The van der Waals surface area contributed by atoms with Gasteiger partial charge in [0.2, 0.25) is 5.91 Å². The number of likely N-dealkylation sites (tertiary alicyclic amines) is 1. The summed E-state index contributed by atoms with van der Waals surface area (Å²) < 4.78 is 7.27. The molecule has 0 radical (unpaired) electrons. The van der Waals surface area contributed by atoms with Crippen LogP contribution in [0.2, 0.25) is 0 Å². The number of carbonyl (C=O) groups is 1. The lowest BCUT2D eigenvalue weighted by molar-refractivity contribution is -0.134. The molecule has 6 heteroatoms. The van der Waals surface area contributed by atoms with Crippen LogP contribution < -0.4 is 4.74 Å². The summed E-state index contributed by atoms with van der Waals surface area (Å²) in [6, 6.07) is 11.7. The Hall–Kier alpha value is -3.15. The lowest BCUT2D eigenvalue weighted by Gasteiger charge is -2.35. The minimum absolute atomic E-state index is 0.0182. The zero-order valence-corrected chi connectivity index (χ0v) is 16.9. The van der Waals surface area contributed by atoms with Gasteiger partial charge in [0.05, 0.1) is 25.3 Å². The average Bonchev–Trinajstić information content (AvgIpc) is 3.16. The Labute approximate surface area is 171 Å². The number of carbonyl (C=O) groups excluding carboxylic acids is 1. The Bertz CT molecular complexity index is 984. The Morgan fingerprint density at radius 3 is 2.76 bits per heavy atom. The summed E-state index contributed by atoms with van der Waals surface area (Å²) in [7, 11) is 3.57. The van der Waals surface area contributed by atoms with Crippen LogP contribution in [0.3, 0.4) is 0 Å². The topological polar surface area (TPSA) is 60.2 Å². The van der Waals surface area contributed by atoms with E-state index in [0.717, 1.165) is 53.9 Å². The first kappa shape index (κ1) is 19.2. The van der Waals surface area contributed by atoms with E-state index in [4.69, 9.17) is 9.84 Å². The Balaban J connectivity index is 1.64. The Morgan fingerprint density at radius 1 is 1.17 bits per heavy atom. The monoisotopic (exact) mass is 390 g/mol. The van der Waals surface area contributed by atoms with Crippen LogP contribution in [-0.2, 0) is 18.3 Å². The van der Waals surface area contributed by atoms with Gasteiger partial charge in [0, 0.05) is 43.3 Å². The molecule has 29 heavy (non-hydrogen) atoms. The smallest absolute Gasteiger partial charge is 0.227 e. The van der Waals surface area contributed by atoms with E-state index in [1.165, 1.54) is 0 Å². The van der Waals surface area contributed by atoms with E-state index in [1.54, 1.807) is 19.5 Å². The number of pyridine rings is 1. The van der Waals surface area contributed by atoms with E-state index in [9.17, 15) is 4.79 Å². The number of methoxy groups -OCH3 is 1. The highest BCUT2D eigenvalue weighted by Crippen LogP contribution is 2.36. The molecular weight excluding hydrogens is 364 g/mol. The number of aryl methyl sites for hydroxylation is 1. The van der Waals surface area contributed by atoms with Crippen molar-refractivity contribution >= 4 is 5.91 Å². The van der Waals surface area contributed by atoms with Crippen LogP contribution in [0.4, 0.5) is 0 Å². The molecule has 3 heterocycles. The first-order valence-electron chi connectivity index (χ1n) is 10.0. The van der Waals surface area contributed by atoms with Crippen LogP contribution in [0, 0.1) is 0 Å². The number of nitrogens with zero attached hydrogens (tertiary/aromatic N) is 4. The van der Waals surface area contributed by atoms with Gasteiger partial charge in [-0.15, -0.1) is 0 Å². The third-order valence-electron chi connectivity index (χ3n) is 5.52. The minimum Gasteiger partial charge on any atom is -0.496 e. The van der Waals surface area contributed by atoms with Crippen LogP contribution in [0.15, 0.2) is 55.0 Å². The van der Waals surface area contributed by atoms with Crippen molar-refractivity contribution in [3.63, 3.8) is 0 Å². The second kappa shape index (κ2) is 8.47. The van der Waals surface area contributed by atoms with Crippen LogP contribution in [-0.4, -0.2) is 39.2 Å². The number of piperidine rings is 1. The summed E-state index contributed by atoms with van der Waals surface area (Å²) in [6.45, 7) is 0.755. The second-order valence-electron chi connectivity index (χ2n) is 7.42. The summed E-state index contributed by atoms with van der Waals surface area (Å²) in [5.41, 5.74) is 4.02. The quantitative estimate of drug-likeness (QED) is 0.665. The second-order valence-corrected chi connectivity index (χ2v) is 7.42. The van der Waals surface area contributed by atoms with Gasteiger partial charge in [-0.2, -0.15) is 5.10 Å². The van der Waals surface area contributed by atoms with Gasteiger partial charge in [0.1, 0.15) is 5.75 Å². The maximum Gasteiger partial charge on any atom is 0.227 e. The van der Waals surface area contributed by atoms with E-state index in [-0.39, 0.29) is 11.9 Å². The lowest BCUT2D eigenvalue weighted by atomic mass is 9.94. The van der Waals surface area contributed by atoms with E-state index in [2.05, 4.69) is 4.98 Å². The molecule has 1 aliphatic heterocycles. The summed E-state index contributed by atoms with van der Waals surface area (Å²) in [6.07, 6.45) is 8.98. The number of para-hydroxylation sites is 1. The molecule has 6 nitrogen and oxygen atoms in total. The van der Waals surface area contributed by atoms with Crippen molar-refractivity contribution in [2.45, 2.75) is 31.7 Å². The molecule has 1 aromatic carbocycles. The molecule has 0 unspecified atom stereocenters. The third-order valence-corrected chi connectivity index (χ3v) is 5.52. The highest BCUT2D eigenvalue weighted by molar-refractivity contribution is 5.80. The largest absolute Gasteiger partial charge is 0.496 e. The third kappa shape index (κ3) is 4.01. The fraction of sp³-hybridized carbons (Fsp3) is 0.348. The van der Waals surface area contributed by atoms with Crippen LogP contribution >= 0.6 is 0 Å². The molecule has 0 aliphatic carbocycles. The minimum atomic E-state index is -0.0182. The zero-order chi connectivity index (χ0) is 20.2. The van der Waals surface area contributed by atoms with Crippen molar-refractivity contribution in [1.29, 1.82) is 0 Å². The average molecular weight is 390 g/mol. The predicted molar refractivity (Wildman–Crippen MR) is 111 cm³/mol. The normalized spacial score (nSPS) is 16.6. The van der Waals surface area contributed by atoms with Gasteiger partial charge >= 0.3 is 0 Å². The summed E-state index contributed by atoms with van der Waals surface area (Å²) in [5, 5.41) is 4.76. The van der Waals surface area contributed by atoms with E-state index < -0.39 is 0 Å². The fourth-order valence-electron chi connectivity index (χ4n) is 4.13. The number of ether oxygens (including phenoxy) is 1. The Kier molecular flexibility index (Phi) is 5.60. The standard InChI is InChI=1S/C23H26N4O2/c1-26-16-19(17-10-12-24-13-11-17)23(25-26)20-8-5-6-14-27(20)22(28)15-18-7-3-4-9-21(18)29-2/h3-4,7,9-13,16,20H,5-6,8,14-15H2,1-2H3/t20-/m1/s1. The van der Waals surface area contributed by atoms with Gasteiger partial charge in [0.15, 0.2) is 0 Å². The van der Waals surface area contributed by atoms with Crippen molar-refractivity contribution in [2.24, 2.45) is 7.05 Å². The number of benzene rings is 1. The van der Waals surface area contributed by atoms with Gasteiger partial charge in [-0.1, -0.05) is 18.2 Å². The van der Waals surface area contributed by atoms with Gasteiger partial charge in [0.25, 0.3) is 0 Å². The molecule has 1 saturated heterocycles. The van der Waals surface area contributed by atoms with Crippen molar-refractivity contribution in [2.75, 3.05) is 13.7 Å². The number of hydrogen-bond donors (Lipinski definition) is 0. The summed E-state index contributed by atoms with van der Waals surface area (Å²) in [4.78, 5) is 19.4. The molecule has 2 aromatic heterocycles. The van der Waals surface area contributed by atoms with Crippen LogP contribution in [0.25, 0.3) is 11.1 Å². The molecular formula is C23H26N4O2. The maximum absolute atomic E-state index is 13.3. The SMILES string of the molecule is COc1ccccc1CC(=O)N1CCCC[C@@H]1c1nn(C)cc1-c1ccncc1. The summed E-state index contributed by atoms with van der Waals surface area (Å²) >= 11 is 0. The summed E-state index contributed by atoms with van der Waals surface area (Å²) in [5.74, 6) is 0.871. The van der Waals surface area contributed by atoms with Crippen molar-refractivity contribution < 1.29 is 9.53 Å².